The smallest absolute Gasteiger partial charge is 0.262 e. The van der Waals surface area contributed by atoms with E-state index in [0.717, 1.165) is 5.52 Å². The topological polar surface area (TPSA) is 74.2 Å². The number of carbonyl (C=O) groups is 1. The van der Waals surface area contributed by atoms with Crippen LogP contribution in [0.4, 0.5) is 0 Å². The van der Waals surface area contributed by atoms with Crippen LogP contribution in [0.3, 0.4) is 0 Å². The Labute approximate surface area is 156 Å². The van der Waals surface area contributed by atoms with Gasteiger partial charge in [0, 0.05) is 40.0 Å². The molecule has 5 nitrogen and oxygen atoms in total. The van der Waals surface area contributed by atoms with Gasteiger partial charge >= 0.3 is 0 Å². The molecule has 2 aliphatic carbocycles. The molecule has 2 aromatic rings. The van der Waals surface area contributed by atoms with Gasteiger partial charge in [0.1, 0.15) is 0 Å². The van der Waals surface area contributed by atoms with Crippen LogP contribution >= 0.6 is 0 Å². The van der Waals surface area contributed by atoms with Crippen molar-refractivity contribution in [3.8, 4) is 0 Å². The molecule has 140 valence electrons. The third kappa shape index (κ3) is 3.45. The van der Waals surface area contributed by atoms with Crippen LogP contribution < -0.4 is 4.72 Å². The lowest BCUT2D eigenvalue weighted by Crippen LogP contribution is -2.25. The molecule has 2 fully saturated rings. The van der Waals surface area contributed by atoms with Gasteiger partial charge < -0.3 is 9.12 Å². The number of hydrogen-bond acceptors (Lipinski definition) is 3. The van der Waals surface area contributed by atoms with E-state index in [0.29, 0.717) is 17.5 Å². The van der Waals surface area contributed by atoms with Crippen molar-refractivity contribution >= 4 is 28.1 Å². The molecule has 2 aliphatic rings. The first-order valence-corrected chi connectivity index (χ1v) is 10.8. The number of carbonyl (C=O) groups excluding carboxylic acids is 1. The Kier molecular flexibility index (Phi) is 5.14. The van der Waals surface area contributed by atoms with Crippen molar-refractivity contribution in [3.63, 3.8) is 0 Å². The highest BCUT2D eigenvalue weighted by Gasteiger charge is 2.25. The lowest BCUT2D eigenvalue weighted by atomic mass is 9.84. The van der Waals surface area contributed by atoms with Crippen molar-refractivity contribution in [1.29, 1.82) is 0 Å². The van der Waals surface area contributed by atoms with Crippen LogP contribution in [-0.2, 0) is 11.3 Å². The molecular formula is C20H25N2O3S-. The summed E-state index contributed by atoms with van der Waals surface area (Å²) in [6.07, 6.45) is 13.6. The predicted octanol–water partition coefficient (Wildman–Crippen LogP) is 4.33. The molecule has 0 radical (unpaired) electrons. The molecule has 4 rings (SSSR count). The first-order valence-electron chi connectivity index (χ1n) is 9.68. The fourth-order valence-electron chi connectivity index (χ4n) is 4.78. The Morgan fingerprint density at radius 2 is 1.77 bits per heavy atom. The first-order chi connectivity index (χ1) is 12.6. The van der Waals surface area contributed by atoms with Gasteiger partial charge in [0.2, 0.25) is 0 Å². The Hall–Kier alpha value is -1.66. The van der Waals surface area contributed by atoms with Crippen molar-refractivity contribution < 1.29 is 13.6 Å². The monoisotopic (exact) mass is 373 g/mol. The molecule has 1 aromatic heterocycles. The number of aromatic nitrogens is 1. The summed E-state index contributed by atoms with van der Waals surface area (Å²) in [7, 11) is 0. The zero-order valence-corrected chi connectivity index (χ0v) is 15.7. The molecule has 0 spiro atoms. The largest absolute Gasteiger partial charge is 0.755 e. The van der Waals surface area contributed by atoms with E-state index in [1.165, 1.54) is 68.7 Å². The zero-order valence-electron chi connectivity index (χ0n) is 14.9. The summed E-state index contributed by atoms with van der Waals surface area (Å²) in [6.45, 7) is 0. The normalized spacial score (nSPS) is 20.5. The van der Waals surface area contributed by atoms with E-state index >= 15 is 0 Å². The molecule has 0 aliphatic heterocycles. The number of nitrogens with zero attached hydrogens (tertiary/aromatic N) is 1. The van der Waals surface area contributed by atoms with E-state index in [1.54, 1.807) is 6.07 Å². The summed E-state index contributed by atoms with van der Waals surface area (Å²) >= 11 is -2.59. The second-order valence-corrected chi connectivity index (χ2v) is 8.34. The highest BCUT2D eigenvalue weighted by Crippen LogP contribution is 2.41. The number of nitrogens with one attached hydrogen (secondary N) is 1. The van der Waals surface area contributed by atoms with Crippen molar-refractivity contribution in [1.82, 2.24) is 9.29 Å². The Morgan fingerprint density at radius 3 is 2.46 bits per heavy atom. The van der Waals surface area contributed by atoms with Gasteiger partial charge in [-0.05, 0) is 49.3 Å². The van der Waals surface area contributed by atoms with Crippen LogP contribution in [0.5, 0.6) is 0 Å². The molecule has 6 heteroatoms. The molecule has 0 saturated heterocycles. The number of fused-ring (bicyclic) bond motifs is 1. The van der Waals surface area contributed by atoms with Crippen LogP contribution in [0.1, 0.15) is 85.7 Å². The van der Waals surface area contributed by atoms with Crippen LogP contribution in [-0.4, -0.2) is 19.2 Å². The summed E-state index contributed by atoms with van der Waals surface area (Å²) in [6, 6.07) is 6.10. The molecule has 26 heavy (non-hydrogen) atoms. The summed E-state index contributed by atoms with van der Waals surface area (Å²) in [5, 5.41) is 1.23. The minimum atomic E-state index is -2.59. The first kappa shape index (κ1) is 17.7. The van der Waals surface area contributed by atoms with E-state index in [2.05, 4.69) is 10.8 Å². The average molecular weight is 373 g/mol. The maximum atomic E-state index is 12.1. The predicted molar refractivity (Wildman–Crippen MR) is 102 cm³/mol. The Bertz CT molecular complexity index is 833. The number of amides is 1. The Balaban J connectivity index is 1.78. The van der Waals surface area contributed by atoms with Crippen LogP contribution in [0.2, 0.25) is 0 Å². The lowest BCUT2D eigenvalue weighted by molar-refractivity contribution is 0.0980. The molecular weight excluding hydrogens is 348 g/mol. The molecule has 1 heterocycles. The lowest BCUT2D eigenvalue weighted by Gasteiger charge is -2.21. The van der Waals surface area contributed by atoms with Crippen LogP contribution in [0, 0.1) is 0 Å². The molecule has 1 N–H and O–H groups in total. The van der Waals surface area contributed by atoms with Crippen LogP contribution in [0.25, 0.3) is 10.9 Å². The fraction of sp³-hybridized carbons (Fsp3) is 0.550. The number of rotatable bonds is 4. The third-order valence-electron chi connectivity index (χ3n) is 6.07. The van der Waals surface area contributed by atoms with Gasteiger partial charge in [-0.1, -0.05) is 38.2 Å². The maximum Gasteiger partial charge on any atom is 0.262 e. The molecule has 0 bridgehead atoms. The summed E-state index contributed by atoms with van der Waals surface area (Å²) in [4.78, 5) is 12.1. The highest BCUT2D eigenvalue weighted by molar-refractivity contribution is 7.77. The van der Waals surface area contributed by atoms with Crippen molar-refractivity contribution in [2.24, 2.45) is 0 Å². The van der Waals surface area contributed by atoms with Crippen molar-refractivity contribution in [3.05, 3.63) is 35.5 Å². The summed E-state index contributed by atoms with van der Waals surface area (Å²) in [5.74, 6) is 0.0290. The standard InChI is InChI=1S/C20H26N2O3S/c23-20(21-26(24)25)15-10-11-17-18(14-6-2-1-3-7-14)13-22(19(17)12-15)16-8-4-5-9-16/h10-14,16H,1-9H2,(H,21,23)(H,24,25)/p-1. The van der Waals surface area contributed by atoms with Gasteiger partial charge in [0.25, 0.3) is 5.91 Å². The second kappa shape index (κ2) is 7.53. The molecule has 2 saturated carbocycles. The second-order valence-electron chi connectivity index (χ2n) is 7.66. The summed E-state index contributed by atoms with van der Waals surface area (Å²) < 4.78 is 25.9. The molecule has 1 aromatic carbocycles. The van der Waals surface area contributed by atoms with E-state index in [1.807, 2.05) is 16.9 Å². The molecule has 1 unspecified atom stereocenters. The molecule has 1 amide bonds. The maximum absolute atomic E-state index is 12.1. The quantitative estimate of drug-likeness (QED) is 0.811. The third-order valence-corrected chi connectivity index (χ3v) is 6.42. The highest BCUT2D eigenvalue weighted by atomic mass is 32.2. The number of benzene rings is 1. The summed E-state index contributed by atoms with van der Waals surface area (Å²) in [5.41, 5.74) is 2.88. The van der Waals surface area contributed by atoms with E-state index in [9.17, 15) is 13.6 Å². The minimum Gasteiger partial charge on any atom is -0.755 e. The van der Waals surface area contributed by atoms with Gasteiger partial charge in [-0.15, -0.1) is 0 Å². The van der Waals surface area contributed by atoms with E-state index in [4.69, 9.17) is 0 Å². The minimum absolute atomic E-state index is 0.397. The van der Waals surface area contributed by atoms with Crippen LogP contribution in [0.15, 0.2) is 24.4 Å². The van der Waals surface area contributed by atoms with E-state index < -0.39 is 17.2 Å². The van der Waals surface area contributed by atoms with Crippen molar-refractivity contribution in [2.75, 3.05) is 0 Å². The van der Waals surface area contributed by atoms with Crippen molar-refractivity contribution in [2.45, 2.75) is 69.7 Å². The average Bonchev–Trinajstić information content (AvgIpc) is 3.29. The zero-order chi connectivity index (χ0) is 18.1. The van der Waals surface area contributed by atoms with Gasteiger partial charge in [0.15, 0.2) is 0 Å². The Morgan fingerprint density at radius 1 is 1.08 bits per heavy atom. The van der Waals surface area contributed by atoms with Gasteiger partial charge in [-0.2, -0.15) is 0 Å². The molecule has 1 atom stereocenters. The van der Waals surface area contributed by atoms with Gasteiger partial charge in [-0.3, -0.25) is 13.7 Å². The fourth-order valence-corrected chi connectivity index (χ4v) is 5.05. The van der Waals surface area contributed by atoms with E-state index in [-0.39, 0.29) is 0 Å². The number of hydrogen-bond donors (Lipinski definition) is 1. The van der Waals surface area contributed by atoms with Gasteiger partial charge in [0.05, 0.1) is 0 Å². The SMILES string of the molecule is O=C(NS(=O)[O-])c1ccc2c(C3CCCCC3)cn(C3CCCC3)c2c1. The van der Waals surface area contributed by atoms with Gasteiger partial charge in [-0.25, -0.2) is 0 Å².